The number of nitro benzene ring substituents is 1. The van der Waals surface area contributed by atoms with Gasteiger partial charge in [0.2, 0.25) is 0 Å². The van der Waals surface area contributed by atoms with Crippen LogP contribution >= 0.6 is 0 Å². The molecule has 2 aromatic heterocycles. The molecule has 164 valence electrons. The number of aromatic nitrogens is 2. The smallest absolute Gasteiger partial charge is 0.279 e. The minimum absolute atomic E-state index is 0.0273. The molecule has 0 fully saturated rings. The molecule has 0 spiro atoms. The van der Waals surface area contributed by atoms with Gasteiger partial charge in [0.1, 0.15) is 0 Å². The first-order valence-electron chi connectivity index (χ1n) is 9.95. The maximum absolute atomic E-state index is 10.9. The minimum Gasteiger partial charge on any atom is -0.395 e. The summed E-state index contributed by atoms with van der Waals surface area (Å²) in [6, 6.07) is 12.4. The van der Waals surface area contributed by atoms with Gasteiger partial charge in [-0.25, -0.2) is 0 Å². The van der Waals surface area contributed by atoms with Gasteiger partial charge in [0.05, 0.1) is 29.0 Å². The van der Waals surface area contributed by atoms with Gasteiger partial charge in [0, 0.05) is 41.4 Å². The van der Waals surface area contributed by atoms with E-state index in [0.29, 0.717) is 23.7 Å². The number of hydrogen-bond acceptors (Lipinski definition) is 6. The highest BCUT2D eigenvalue weighted by Crippen LogP contribution is 2.29. The number of nitrogens with one attached hydrogen (secondary N) is 2. The molecule has 0 aliphatic rings. The predicted molar refractivity (Wildman–Crippen MR) is 121 cm³/mol. The van der Waals surface area contributed by atoms with Crippen LogP contribution in [0.5, 0.6) is 0 Å². The number of non-ortho nitro benzene ring substituents is 1. The molecule has 31 heavy (non-hydrogen) atoms. The van der Waals surface area contributed by atoms with Crippen molar-refractivity contribution in [1.82, 2.24) is 9.97 Å². The lowest BCUT2D eigenvalue weighted by molar-refractivity contribution is -0.383. The first-order valence-corrected chi connectivity index (χ1v) is 9.95. The number of para-hydroxylation sites is 1. The molecule has 0 saturated heterocycles. The zero-order chi connectivity index (χ0) is 22.4. The van der Waals surface area contributed by atoms with Gasteiger partial charge in [-0.15, -0.1) is 0 Å². The van der Waals surface area contributed by atoms with Gasteiger partial charge in [-0.1, -0.05) is 24.3 Å². The van der Waals surface area contributed by atoms with E-state index in [1.807, 2.05) is 24.4 Å². The van der Waals surface area contributed by atoms with E-state index >= 15 is 0 Å². The first kappa shape index (κ1) is 22.4. The molecule has 2 atom stereocenters. The van der Waals surface area contributed by atoms with E-state index in [1.54, 1.807) is 18.3 Å². The summed E-state index contributed by atoms with van der Waals surface area (Å²) in [5, 5.41) is 30.5. The Kier molecular flexibility index (Phi) is 7.37. The Labute approximate surface area is 178 Å². The van der Waals surface area contributed by atoms with Gasteiger partial charge in [0.25, 0.3) is 5.69 Å². The Morgan fingerprint density at radius 1 is 0.871 bits per heavy atom. The molecule has 9 heteroatoms. The van der Waals surface area contributed by atoms with Crippen molar-refractivity contribution in [3.05, 3.63) is 76.1 Å². The maximum Gasteiger partial charge on any atom is 0.279 e. The molecule has 8 N–H and O–H groups in total. The fourth-order valence-electron chi connectivity index (χ4n) is 3.54. The molecular weight excluding hydrogens is 398 g/mol. The number of fused-ring (bicyclic) bond motifs is 2. The molecule has 0 aliphatic heterocycles. The Bertz CT molecular complexity index is 1150. The average molecular weight is 425 g/mol. The van der Waals surface area contributed by atoms with Gasteiger partial charge < -0.3 is 31.6 Å². The number of benzene rings is 2. The van der Waals surface area contributed by atoms with Gasteiger partial charge in [0.15, 0.2) is 0 Å². The maximum atomic E-state index is 10.9. The van der Waals surface area contributed by atoms with Crippen LogP contribution in [0.4, 0.5) is 5.69 Å². The van der Waals surface area contributed by atoms with Crippen molar-refractivity contribution in [3.63, 3.8) is 0 Å². The van der Waals surface area contributed by atoms with E-state index in [4.69, 9.17) is 21.7 Å². The summed E-state index contributed by atoms with van der Waals surface area (Å²) in [6.45, 7) is -0.118. The Hall–Kier alpha value is -3.24. The highest BCUT2D eigenvalue weighted by atomic mass is 16.6. The molecule has 2 heterocycles. The Morgan fingerprint density at radius 2 is 1.45 bits per heavy atom. The Morgan fingerprint density at radius 3 is 2.13 bits per heavy atom. The summed E-state index contributed by atoms with van der Waals surface area (Å²) < 4.78 is 0. The van der Waals surface area contributed by atoms with Crippen molar-refractivity contribution in [3.8, 4) is 0 Å². The SMILES string of the molecule is N[C@H](CO)Cc1c[nH]c2cccc([N+](=O)[O-])c12.N[C@H](CO)Cc1c[nH]c2ccccc12. The van der Waals surface area contributed by atoms with Crippen molar-refractivity contribution in [2.75, 3.05) is 13.2 Å². The Balaban J connectivity index is 0.000000179. The second kappa shape index (κ2) is 10.2. The standard InChI is InChI=1S/C11H13N3O3.C11H14N2O/c12-8(6-15)4-7-5-13-9-2-1-3-10(11(7)9)14(16)17;12-9(7-14)5-8-6-13-11-4-2-1-3-10(8)11/h1-3,5,8,13,15H,4,6,12H2;1-4,6,9,13-14H,5,7,12H2/t8-;9-/m00/s1. The fraction of sp³-hybridized carbons (Fsp3) is 0.273. The number of aliphatic hydroxyl groups is 2. The van der Waals surface area contributed by atoms with Gasteiger partial charge in [-0.05, 0) is 36.1 Å². The molecule has 9 nitrogen and oxygen atoms in total. The quantitative estimate of drug-likeness (QED) is 0.195. The third kappa shape index (κ3) is 5.28. The first-order chi connectivity index (χ1) is 14.9. The molecule has 0 unspecified atom stereocenters. The summed E-state index contributed by atoms with van der Waals surface area (Å²) in [6.07, 6.45) is 4.77. The lowest BCUT2D eigenvalue weighted by atomic mass is 10.0. The number of hydrogen-bond donors (Lipinski definition) is 6. The minimum atomic E-state index is -0.413. The van der Waals surface area contributed by atoms with E-state index in [0.717, 1.165) is 11.1 Å². The second-order valence-corrected chi connectivity index (χ2v) is 7.42. The van der Waals surface area contributed by atoms with Gasteiger partial charge >= 0.3 is 0 Å². The number of nitro groups is 1. The number of nitrogens with two attached hydrogens (primary N) is 2. The molecule has 0 amide bonds. The summed E-state index contributed by atoms with van der Waals surface area (Å²) in [4.78, 5) is 16.7. The number of aliphatic hydroxyl groups excluding tert-OH is 2. The molecule has 0 saturated carbocycles. The number of aromatic amines is 2. The van der Waals surface area contributed by atoms with Crippen LogP contribution in [0.2, 0.25) is 0 Å². The zero-order valence-corrected chi connectivity index (χ0v) is 17.0. The highest BCUT2D eigenvalue weighted by molar-refractivity contribution is 5.91. The van der Waals surface area contributed by atoms with Gasteiger partial charge in [-0.2, -0.15) is 0 Å². The van der Waals surface area contributed by atoms with E-state index < -0.39 is 11.0 Å². The van der Waals surface area contributed by atoms with Gasteiger partial charge in [-0.3, -0.25) is 10.1 Å². The zero-order valence-electron chi connectivity index (χ0n) is 17.0. The topological polar surface area (TPSA) is 167 Å². The van der Waals surface area contributed by atoms with Crippen LogP contribution in [0, 0.1) is 10.1 Å². The van der Waals surface area contributed by atoms with Crippen LogP contribution in [0.1, 0.15) is 11.1 Å². The monoisotopic (exact) mass is 425 g/mol. The molecule has 2 aromatic carbocycles. The molecule has 0 radical (unpaired) electrons. The third-order valence-corrected chi connectivity index (χ3v) is 5.07. The highest BCUT2D eigenvalue weighted by Gasteiger charge is 2.17. The van der Waals surface area contributed by atoms with E-state index in [-0.39, 0.29) is 24.9 Å². The number of H-pyrrole nitrogens is 2. The van der Waals surface area contributed by atoms with Crippen LogP contribution < -0.4 is 11.5 Å². The summed E-state index contributed by atoms with van der Waals surface area (Å²) in [5.74, 6) is 0. The average Bonchev–Trinajstić information content (AvgIpc) is 3.38. The third-order valence-electron chi connectivity index (χ3n) is 5.07. The summed E-state index contributed by atoms with van der Waals surface area (Å²) in [7, 11) is 0. The lowest BCUT2D eigenvalue weighted by Gasteiger charge is -2.06. The molecule has 0 bridgehead atoms. The van der Waals surface area contributed by atoms with E-state index in [1.165, 1.54) is 17.0 Å². The van der Waals surface area contributed by atoms with Crippen molar-refractivity contribution in [2.24, 2.45) is 11.5 Å². The summed E-state index contributed by atoms with van der Waals surface area (Å²) in [5.41, 5.74) is 15.2. The summed E-state index contributed by atoms with van der Waals surface area (Å²) >= 11 is 0. The van der Waals surface area contributed by atoms with Crippen LogP contribution in [0.25, 0.3) is 21.8 Å². The van der Waals surface area contributed by atoms with Crippen molar-refractivity contribution < 1.29 is 15.1 Å². The van der Waals surface area contributed by atoms with Crippen molar-refractivity contribution >= 4 is 27.5 Å². The normalized spacial score (nSPS) is 13.0. The van der Waals surface area contributed by atoms with Crippen molar-refractivity contribution in [2.45, 2.75) is 24.9 Å². The van der Waals surface area contributed by atoms with E-state index in [9.17, 15) is 10.1 Å². The molecule has 4 rings (SSSR count). The van der Waals surface area contributed by atoms with Crippen molar-refractivity contribution in [1.29, 1.82) is 0 Å². The van der Waals surface area contributed by atoms with Crippen LogP contribution in [-0.4, -0.2) is 50.4 Å². The largest absolute Gasteiger partial charge is 0.395 e. The molecular formula is C22H27N5O4. The van der Waals surface area contributed by atoms with Crippen LogP contribution in [0.15, 0.2) is 54.9 Å². The lowest BCUT2D eigenvalue weighted by Crippen LogP contribution is -2.26. The van der Waals surface area contributed by atoms with E-state index in [2.05, 4.69) is 16.0 Å². The molecule has 4 aromatic rings. The van der Waals surface area contributed by atoms with Crippen LogP contribution in [0.3, 0.4) is 0 Å². The van der Waals surface area contributed by atoms with Crippen LogP contribution in [-0.2, 0) is 12.8 Å². The number of rotatable bonds is 7. The molecule has 0 aliphatic carbocycles. The fourth-order valence-corrected chi connectivity index (χ4v) is 3.54. The second-order valence-electron chi connectivity index (χ2n) is 7.42. The number of nitrogens with zero attached hydrogens (tertiary/aromatic N) is 1. The predicted octanol–water partition coefficient (Wildman–Crippen LogP) is 1.97.